The number of hydrogen-bond acceptors (Lipinski definition) is 4. The van der Waals surface area contributed by atoms with E-state index in [1.54, 1.807) is 0 Å². The van der Waals surface area contributed by atoms with Crippen molar-refractivity contribution < 1.29 is 19.1 Å². The van der Waals surface area contributed by atoms with E-state index in [0.29, 0.717) is 12.8 Å². The van der Waals surface area contributed by atoms with Crippen molar-refractivity contribution >= 4 is 11.9 Å². The highest BCUT2D eigenvalue weighted by Gasteiger charge is 2.41. The van der Waals surface area contributed by atoms with Crippen molar-refractivity contribution in [2.24, 2.45) is 11.8 Å². The fourth-order valence-corrected chi connectivity index (χ4v) is 2.10. The molecule has 0 heterocycles. The number of hydrogen-bond donors (Lipinski definition) is 0. The molecule has 0 bridgehead atoms. The third-order valence-electron chi connectivity index (χ3n) is 3.13. The zero-order valence-electron chi connectivity index (χ0n) is 10.2. The molecule has 0 spiro atoms. The lowest BCUT2D eigenvalue weighted by Crippen LogP contribution is -2.27. The fraction of sp³-hybridized carbons (Fsp3) is 0.667. The van der Waals surface area contributed by atoms with Gasteiger partial charge in [0.2, 0.25) is 0 Å². The van der Waals surface area contributed by atoms with Gasteiger partial charge in [0.15, 0.2) is 0 Å². The number of methoxy groups -OCH3 is 2. The highest BCUT2D eigenvalue weighted by atomic mass is 16.5. The number of ether oxygens (including phenoxy) is 2. The molecule has 0 radical (unpaired) electrons. The van der Waals surface area contributed by atoms with E-state index >= 15 is 0 Å². The third kappa shape index (κ3) is 2.43. The molecule has 0 unspecified atom stereocenters. The SMILES string of the molecule is COC(=O)[C@H]1CC(=C(C)C)C[C@H]1C(=O)OC. The van der Waals surface area contributed by atoms with E-state index in [4.69, 9.17) is 9.47 Å². The third-order valence-corrected chi connectivity index (χ3v) is 3.13. The number of allylic oxidation sites excluding steroid dienone is 2. The molecular weight excluding hydrogens is 208 g/mol. The topological polar surface area (TPSA) is 52.6 Å². The summed E-state index contributed by atoms with van der Waals surface area (Å²) in [5, 5.41) is 0. The molecule has 2 atom stereocenters. The zero-order chi connectivity index (χ0) is 12.3. The summed E-state index contributed by atoms with van der Waals surface area (Å²) in [6.07, 6.45) is 1.21. The summed E-state index contributed by atoms with van der Waals surface area (Å²) in [5.41, 5.74) is 2.33. The van der Waals surface area contributed by atoms with Gasteiger partial charge in [0.25, 0.3) is 0 Å². The van der Waals surface area contributed by atoms with Gasteiger partial charge in [-0.3, -0.25) is 9.59 Å². The molecule has 0 N–H and O–H groups in total. The molecule has 1 saturated carbocycles. The molecule has 0 aromatic carbocycles. The van der Waals surface area contributed by atoms with Crippen molar-refractivity contribution in [2.75, 3.05) is 14.2 Å². The summed E-state index contributed by atoms with van der Waals surface area (Å²) in [5.74, 6) is -1.43. The average Bonchev–Trinajstić information content (AvgIpc) is 2.71. The first-order valence-electron chi connectivity index (χ1n) is 5.32. The van der Waals surface area contributed by atoms with Gasteiger partial charge in [0.1, 0.15) is 0 Å². The Bertz CT molecular complexity index is 300. The van der Waals surface area contributed by atoms with Crippen LogP contribution in [0.3, 0.4) is 0 Å². The van der Waals surface area contributed by atoms with Crippen LogP contribution in [0.1, 0.15) is 26.7 Å². The molecule has 1 rings (SSSR count). The van der Waals surface area contributed by atoms with E-state index in [1.165, 1.54) is 19.8 Å². The molecule has 0 aliphatic heterocycles. The van der Waals surface area contributed by atoms with Crippen LogP contribution < -0.4 is 0 Å². The maximum atomic E-state index is 11.6. The minimum absolute atomic E-state index is 0.327. The second-order valence-corrected chi connectivity index (χ2v) is 4.27. The number of rotatable bonds is 2. The lowest BCUT2D eigenvalue weighted by Gasteiger charge is -2.13. The highest BCUT2D eigenvalue weighted by Crippen LogP contribution is 2.38. The van der Waals surface area contributed by atoms with E-state index in [0.717, 1.165) is 5.57 Å². The second-order valence-electron chi connectivity index (χ2n) is 4.27. The van der Waals surface area contributed by atoms with Crippen molar-refractivity contribution in [1.82, 2.24) is 0 Å². The molecule has 4 nitrogen and oxygen atoms in total. The lowest BCUT2D eigenvalue weighted by atomic mass is 9.96. The van der Waals surface area contributed by atoms with Gasteiger partial charge in [0.05, 0.1) is 26.1 Å². The van der Waals surface area contributed by atoms with E-state index in [9.17, 15) is 9.59 Å². The Morgan fingerprint density at radius 1 is 1.00 bits per heavy atom. The molecule has 90 valence electrons. The Hall–Kier alpha value is -1.32. The van der Waals surface area contributed by atoms with Crippen molar-refractivity contribution in [2.45, 2.75) is 26.7 Å². The first-order chi connectivity index (χ1) is 7.51. The molecule has 0 aromatic heterocycles. The summed E-state index contributed by atoms with van der Waals surface area (Å²) in [7, 11) is 2.69. The standard InChI is InChI=1S/C12H18O4/c1-7(2)8-5-9(11(13)15-3)10(6-8)12(14)16-4/h9-10H,5-6H2,1-4H3/t9-,10+. The van der Waals surface area contributed by atoms with Gasteiger partial charge < -0.3 is 9.47 Å². The van der Waals surface area contributed by atoms with E-state index < -0.39 is 0 Å². The molecule has 4 heteroatoms. The average molecular weight is 226 g/mol. The highest BCUT2D eigenvalue weighted by molar-refractivity contribution is 5.83. The molecule has 1 aliphatic carbocycles. The summed E-state index contributed by atoms with van der Waals surface area (Å²) in [6.45, 7) is 3.98. The minimum Gasteiger partial charge on any atom is -0.469 e. The van der Waals surface area contributed by atoms with Crippen LogP contribution in [0.4, 0.5) is 0 Å². The van der Waals surface area contributed by atoms with Crippen LogP contribution in [0, 0.1) is 11.8 Å². The Morgan fingerprint density at radius 2 is 1.38 bits per heavy atom. The molecule has 1 fully saturated rings. The Morgan fingerprint density at radius 3 is 1.62 bits per heavy atom. The maximum Gasteiger partial charge on any atom is 0.309 e. The minimum atomic E-state index is -0.387. The Labute approximate surface area is 95.6 Å². The van der Waals surface area contributed by atoms with Crippen molar-refractivity contribution in [1.29, 1.82) is 0 Å². The van der Waals surface area contributed by atoms with E-state index in [2.05, 4.69) is 0 Å². The molecule has 0 amide bonds. The van der Waals surface area contributed by atoms with E-state index in [-0.39, 0.29) is 23.8 Å². The van der Waals surface area contributed by atoms with Crippen LogP contribution in [-0.2, 0) is 19.1 Å². The zero-order valence-corrected chi connectivity index (χ0v) is 10.2. The van der Waals surface area contributed by atoms with Crippen LogP contribution in [0.2, 0.25) is 0 Å². The van der Waals surface area contributed by atoms with Gasteiger partial charge in [0, 0.05) is 0 Å². The summed E-state index contributed by atoms with van der Waals surface area (Å²) < 4.78 is 9.44. The molecule has 0 aromatic rings. The smallest absolute Gasteiger partial charge is 0.309 e. The van der Waals surface area contributed by atoms with Gasteiger partial charge in [-0.05, 0) is 26.7 Å². The van der Waals surface area contributed by atoms with Gasteiger partial charge in [-0.15, -0.1) is 0 Å². The lowest BCUT2D eigenvalue weighted by molar-refractivity contribution is -0.156. The largest absolute Gasteiger partial charge is 0.469 e. The van der Waals surface area contributed by atoms with Gasteiger partial charge in [-0.1, -0.05) is 11.1 Å². The van der Waals surface area contributed by atoms with E-state index in [1.807, 2.05) is 13.8 Å². The van der Waals surface area contributed by atoms with Crippen molar-refractivity contribution in [3.63, 3.8) is 0 Å². The summed E-state index contributed by atoms with van der Waals surface area (Å²) >= 11 is 0. The monoisotopic (exact) mass is 226 g/mol. The normalized spacial score (nSPS) is 24.1. The maximum absolute atomic E-state index is 11.6. The van der Waals surface area contributed by atoms with Crippen LogP contribution in [0.15, 0.2) is 11.1 Å². The van der Waals surface area contributed by atoms with Crippen LogP contribution in [0.5, 0.6) is 0 Å². The predicted molar refractivity (Wildman–Crippen MR) is 58.6 cm³/mol. The van der Waals surface area contributed by atoms with Gasteiger partial charge >= 0.3 is 11.9 Å². The quantitative estimate of drug-likeness (QED) is 0.531. The van der Waals surface area contributed by atoms with Gasteiger partial charge in [-0.2, -0.15) is 0 Å². The molecule has 16 heavy (non-hydrogen) atoms. The molecule has 1 aliphatic rings. The van der Waals surface area contributed by atoms with Crippen LogP contribution in [0.25, 0.3) is 0 Å². The van der Waals surface area contributed by atoms with Gasteiger partial charge in [-0.25, -0.2) is 0 Å². The summed E-state index contributed by atoms with van der Waals surface area (Å²) in [6, 6.07) is 0. The van der Waals surface area contributed by atoms with Crippen LogP contribution in [-0.4, -0.2) is 26.2 Å². The number of esters is 2. The Balaban J connectivity index is 2.92. The predicted octanol–water partition coefficient (Wildman–Crippen LogP) is 1.70. The first kappa shape index (κ1) is 12.7. The first-order valence-corrected chi connectivity index (χ1v) is 5.32. The molecule has 0 saturated heterocycles. The summed E-state index contributed by atoms with van der Waals surface area (Å²) in [4.78, 5) is 23.1. The number of carbonyl (C=O) groups excluding carboxylic acids is 2. The Kier molecular flexibility index (Phi) is 4.10. The second kappa shape index (κ2) is 5.14. The van der Waals surface area contributed by atoms with Crippen LogP contribution >= 0.6 is 0 Å². The van der Waals surface area contributed by atoms with Crippen molar-refractivity contribution in [3.8, 4) is 0 Å². The fourth-order valence-electron chi connectivity index (χ4n) is 2.10. The molecular formula is C12H18O4. The number of carbonyl (C=O) groups is 2. The van der Waals surface area contributed by atoms with Crippen molar-refractivity contribution in [3.05, 3.63) is 11.1 Å².